The number of hydrogen-bond donors (Lipinski definition) is 1. The van der Waals surface area contributed by atoms with Crippen LogP contribution >= 0.6 is 23.2 Å². The van der Waals surface area contributed by atoms with Crippen molar-refractivity contribution in [2.45, 2.75) is 51.1 Å². The first-order chi connectivity index (χ1) is 18.6. The molecule has 3 rings (SSSR count). The van der Waals surface area contributed by atoms with Gasteiger partial charge in [0.2, 0.25) is 11.8 Å². The minimum Gasteiger partial charge on any atom is -0.354 e. The van der Waals surface area contributed by atoms with E-state index in [1.807, 2.05) is 20.8 Å². The van der Waals surface area contributed by atoms with Crippen LogP contribution in [0.3, 0.4) is 0 Å². The van der Waals surface area contributed by atoms with Gasteiger partial charge in [-0.2, -0.15) is 0 Å². The molecule has 0 radical (unpaired) electrons. The van der Waals surface area contributed by atoms with Crippen molar-refractivity contribution in [3.8, 4) is 0 Å². The van der Waals surface area contributed by atoms with Crippen LogP contribution in [0, 0.1) is 6.92 Å². The van der Waals surface area contributed by atoms with E-state index in [4.69, 9.17) is 23.2 Å². The van der Waals surface area contributed by atoms with Gasteiger partial charge in [0.15, 0.2) is 0 Å². The summed E-state index contributed by atoms with van der Waals surface area (Å²) in [5, 5.41) is 3.70. The lowest BCUT2D eigenvalue weighted by molar-refractivity contribution is -0.140. The molecule has 39 heavy (non-hydrogen) atoms. The van der Waals surface area contributed by atoms with Crippen LogP contribution in [0.4, 0.5) is 5.69 Å². The molecule has 10 heteroatoms. The number of carbonyl (C=O) groups is 2. The summed E-state index contributed by atoms with van der Waals surface area (Å²) in [5.74, 6) is -0.839. The molecule has 0 heterocycles. The van der Waals surface area contributed by atoms with Gasteiger partial charge in [-0.3, -0.25) is 13.9 Å². The number of aryl methyl sites for hydroxylation is 1. The van der Waals surface area contributed by atoms with Crippen LogP contribution in [-0.4, -0.2) is 44.3 Å². The van der Waals surface area contributed by atoms with Crippen LogP contribution in [0.5, 0.6) is 0 Å². The normalized spacial score (nSPS) is 12.0. The molecular formula is C29H33Cl2N3O4S. The average molecular weight is 591 g/mol. The summed E-state index contributed by atoms with van der Waals surface area (Å²) in [7, 11) is -4.16. The van der Waals surface area contributed by atoms with Crippen molar-refractivity contribution in [2.24, 2.45) is 0 Å². The lowest BCUT2D eigenvalue weighted by Crippen LogP contribution is -2.52. The van der Waals surface area contributed by atoms with Gasteiger partial charge >= 0.3 is 0 Å². The van der Waals surface area contributed by atoms with Crippen molar-refractivity contribution in [3.05, 3.63) is 94.0 Å². The highest BCUT2D eigenvalue weighted by atomic mass is 35.5. The number of nitrogens with zero attached hydrogens (tertiary/aromatic N) is 2. The quantitative estimate of drug-likeness (QED) is 0.288. The molecule has 1 unspecified atom stereocenters. The fourth-order valence-electron chi connectivity index (χ4n) is 4.07. The van der Waals surface area contributed by atoms with E-state index in [1.54, 1.807) is 48.5 Å². The Bertz CT molecular complexity index is 1380. The minimum absolute atomic E-state index is 0.00865. The molecule has 3 aromatic rings. The van der Waals surface area contributed by atoms with E-state index < -0.39 is 28.5 Å². The van der Waals surface area contributed by atoms with E-state index in [1.165, 1.54) is 29.2 Å². The summed E-state index contributed by atoms with van der Waals surface area (Å²) in [6, 6.07) is 18.9. The number of nitrogens with one attached hydrogen (secondary N) is 1. The largest absolute Gasteiger partial charge is 0.354 e. The number of carbonyl (C=O) groups excluding carboxylic acids is 2. The van der Waals surface area contributed by atoms with Gasteiger partial charge in [0.05, 0.1) is 10.6 Å². The monoisotopic (exact) mass is 589 g/mol. The molecule has 7 nitrogen and oxygen atoms in total. The SMILES string of the molecule is CCCNC(=O)C(CC)N(Cc1ccccc1Cl)C(=O)CN(c1ccc(C)cc1)S(=O)(=O)c1ccc(Cl)cc1. The van der Waals surface area contributed by atoms with Crippen LogP contribution in [0.1, 0.15) is 37.8 Å². The van der Waals surface area contributed by atoms with Crippen LogP contribution in [-0.2, 0) is 26.2 Å². The Labute approximate surface area is 240 Å². The van der Waals surface area contributed by atoms with E-state index in [0.717, 1.165) is 16.3 Å². The van der Waals surface area contributed by atoms with Crippen LogP contribution in [0.2, 0.25) is 10.0 Å². The molecule has 0 aliphatic heterocycles. The molecule has 1 N–H and O–H groups in total. The van der Waals surface area contributed by atoms with Crippen molar-refractivity contribution in [3.63, 3.8) is 0 Å². The molecule has 1 atom stereocenters. The highest BCUT2D eigenvalue weighted by Crippen LogP contribution is 2.27. The molecule has 3 aromatic carbocycles. The number of amides is 2. The van der Waals surface area contributed by atoms with E-state index in [-0.39, 0.29) is 17.3 Å². The third-order valence-electron chi connectivity index (χ3n) is 6.24. The Balaban J connectivity index is 2.05. The van der Waals surface area contributed by atoms with Crippen LogP contribution in [0.15, 0.2) is 77.7 Å². The summed E-state index contributed by atoms with van der Waals surface area (Å²) in [6.45, 7) is 5.62. The van der Waals surface area contributed by atoms with Gasteiger partial charge < -0.3 is 10.2 Å². The first kappa shape index (κ1) is 30.5. The fourth-order valence-corrected chi connectivity index (χ4v) is 5.80. The van der Waals surface area contributed by atoms with Gasteiger partial charge in [-0.1, -0.05) is 72.9 Å². The maximum Gasteiger partial charge on any atom is 0.264 e. The van der Waals surface area contributed by atoms with Gasteiger partial charge in [0.1, 0.15) is 12.6 Å². The molecule has 0 spiro atoms. The Morgan fingerprint density at radius 3 is 2.15 bits per heavy atom. The van der Waals surface area contributed by atoms with Crippen LogP contribution < -0.4 is 9.62 Å². The maximum absolute atomic E-state index is 14.0. The molecule has 0 aliphatic carbocycles. The minimum atomic E-state index is -4.16. The highest BCUT2D eigenvalue weighted by Gasteiger charge is 2.33. The second-order valence-corrected chi connectivity index (χ2v) is 11.8. The first-order valence-corrected chi connectivity index (χ1v) is 14.9. The zero-order valence-electron chi connectivity index (χ0n) is 22.2. The number of rotatable bonds is 12. The fraction of sp³-hybridized carbons (Fsp3) is 0.310. The van der Waals surface area contributed by atoms with E-state index >= 15 is 0 Å². The number of hydrogen-bond acceptors (Lipinski definition) is 4. The zero-order chi connectivity index (χ0) is 28.6. The summed E-state index contributed by atoms with van der Waals surface area (Å²) < 4.78 is 28.7. The van der Waals surface area contributed by atoms with Crippen molar-refractivity contribution < 1.29 is 18.0 Å². The third kappa shape index (κ3) is 7.75. The molecule has 0 saturated heterocycles. The summed E-state index contributed by atoms with van der Waals surface area (Å²) in [6.07, 6.45) is 1.07. The van der Waals surface area contributed by atoms with Crippen molar-refractivity contribution in [1.82, 2.24) is 10.2 Å². The second-order valence-electron chi connectivity index (χ2n) is 9.13. The van der Waals surface area contributed by atoms with Gasteiger partial charge in [-0.05, 0) is 67.8 Å². The Morgan fingerprint density at radius 2 is 1.56 bits per heavy atom. The number of sulfonamides is 1. The predicted octanol–water partition coefficient (Wildman–Crippen LogP) is 5.83. The van der Waals surface area contributed by atoms with E-state index in [0.29, 0.717) is 34.3 Å². The van der Waals surface area contributed by atoms with Gasteiger partial charge in [0, 0.05) is 23.1 Å². The van der Waals surface area contributed by atoms with Crippen LogP contribution in [0.25, 0.3) is 0 Å². The third-order valence-corrected chi connectivity index (χ3v) is 8.64. The summed E-state index contributed by atoms with van der Waals surface area (Å²) in [4.78, 5) is 28.5. The molecular weight excluding hydrogens is 557 g/mol. The van der Waals surface area contributed by atoms with Gasteiger partial charge in [-0.15, -0.1) is 0 Å². The Hall–Kier alpha value is -3.07. The molecule has 0 aromatic heterocycles. The van der Waals surface area contributed by atoms with Gasteiger partial charge in [0.25, 0.3) is 10.0 Å². The molecule has 0 fully saturated rings. The smallest absolute Gasteiger partial charge is 0.264 e. The number of anilines is 1. The Morgan fingerprint density at radius 1 is 0.923 bits per heavy atom. The standard InChI is InChI=1S/C29H33Cl2N3O4S/c1-4-18-32-29(36)27(5-2)33(19-22-8-6-7-9-26(22)31)28(35)20-34(24-14-10-21(3)11-15-24)39(37,38)25-16-12-23(30)13-17-25/h6-17,27H,4-5,18-20H2,1-3H3,(H,32,36). The topological polar surface area (TPSA) is 86.8 Å². The first-order valence-electron chi connectivity index (χ1n) is 12.7. The molecule has 0 bridgehead atoms. The molecule has 0 saturated carbocycles. The molecule has 0 aliphatic rings. The molecule has 208 valence electrons. The number of benzene rings is 3. The Kier molecular flexibility index (Phi) is 10.8. The summed E-state index contributed by atoms with van der Waals surface area (Å²) >= 11 is 12.4. The average Bonchev–Trinajstić information content (AvgIpc) is 2.92. The van der Waals surface area contributed by atoms with E-state index in [9.17, 15) is 18.0 Å². The van der Waals surface area contributed by atoms with E-state index in [2.05, 4.69) is 5.32 Å². The van der Waals surface area contributed by atoms with Gasteiger partial charge in [-0.25, -0.2) is 8.42 Å². The zero-order valence-corrected chi connectivity index (χ0v) is 24.6. The second kappa shape index (κ2) is 13.8. The summed E-state index contributed by atoms with van der Waals surface area (Å²) in [5.41, 5.74) is 1.91. The lowest BCUT2D eigenvalue weighted by Gasteiger charge is -2.33. The number of halogens is 2. The predicted molar refractivity (Wildman–Crippen MR) is 157 cm³/mol. The highest BCUT2D eigenvalue weighted by molar-refractivity contribution is 7.92. The van der Waals surface area contributed by atoms with Crippen molar-refractivity contribution in [1.29, 1.82) is 0 Å². The maximum atomic E-state index is 14.0. The van der Waals surface area contributed by atoms with Crippen molar-refractivity contribution >= 4 is 50.7 Å². The van der Waals surface area contributed by atoms with Crippen molar-refractivity contribution in [2.75, 3.05) is 17.4 Å². The molecule has 2 amide bonds. The lowest BCUT2D eigenvalue weighted by atomic mass is 10.1.